The monoisotopic (exact) mass is 345 g/mol. The Kier molecular flexibility index (Phi) is 5.03. The molecule has 0 unspecified atom stereocenters. The highest BCUT2D eigenvalue weighted by Crippen LogP contribution is 2.27. The van der Waals surface area contributed by atoms with E-state index in [0.717, 1.165) is 31.2 Å². The number of aryl methyl sites for hydroxylation is 1. The minimum Gasteiger partial charge on any atom is -0.207 e. The SMILES string of the molecule is Cc1ccc(S(=O)(=O)N2CCCCCCC2)c(Br)c1. The molecule has 1 aliphatic heterocycles. The van der Waals surface area contributed by atoms with Crippen molar-refractivity contribution >= 4 is 26.0 Å². The zero-order chi connectivity index (χ0) is 13.9. The van der Waals surface area contributed by atoms with E-state index >= 15 is 0 Å². The number of hydrogen-bond donors (Lipinski definition) is 0. The van der Waals surface area contributed by atoms with Gasteiger partial charge in [0.15, 0.2) is 0 Å². The molecular formula is C14H20BrNO2S. The third-order valence-electron chi connectivity index (χ3n) is 3.52. The Bertz CT molecular complexity index is 534. The minimum atomic E-state index is -3.36. The second-order valence-corrected chi connectivity index (χ2v) is 7.87. The summed E-state index contributed by atoms with van der Waals surface area (Å²) in [4.78, 5) is 0.388. The Labute approximate surface area is 124 Å². The Morgan fingerprint density at radius 1 is 1.05 bits per heavy atom. The summed E-state index contributed by atoms with van der Waals surface area (Å²) in [6.45, 7) is 3.24. The normalized spacial score (nSPS) is 18.8. The molecule has 2 rings (SSSR count). The summed E-state index contributed by atoms with van der Waals surface area (Å²) in [5, 5.41) is 0. The van der Waals surface area contributed by atoms with E-state index in [0.29, 0.717) is 22.5 Å². The minimum absolute atomic E-state index is 0.388. The molecule has 0 amide bonds. The molecule has 0 saturated carbocycles. The van der Waals surface area contributed by atoms with Crippen LogP contribution in [0.2, 0.25) is 0 Å². The number of rotatable bonds is 2. The summed E-state index contributed by atoms with van der Waals surface area (Å²) in [5.41, 5.74) is 1.05. The fraction of sp³-hybridized carbons (Fsp3) is 0.571. The average Bonchev–Trinajstić information content (AvgIpc) is 2.26. The highest BCUT2D eigenvalue weighted by Gasteiger charge is 2.26. The third-order valence-corrected chi connectivity index (χ3v) is 6.40. The van der Waals surface area contributed by atoms with Crippen molar-refractivity contribution < 1.29 is 8.42 Å². The molecule has 3 nitrogen and oxygen atoms in total. The van der Waals surface area contributed by atoms with Gasteiger partial charge in [-0.2, -0.15) is 4.31 Å². The predicted octanol–water partition coefficient (Wildman–Crippen LogP) is 3.71. The van der Waals surface area contributed by atoms with Crippen LogP contribution in [0.1, 0.15) is 37.7 Å². The number of benzene rings is 1. The first-order valence-electron chi connectivity index (χ1n) is 6.78. The molecule has 1 aliphatic rings. The van der Waals surface area contributed by atoms with Gasteiger partial charge in [0.05, 0.1) is 4.90 Å². The molecule has 1 heterocycles. The van der Waals surface area contributed by atoms with Crippen molar-refractivity contribution in [3.8, 4) is 0 Å². The summed E-state index contributed by atoms with van der Waals surface area (Å²) in [6, 6.07) is 5.41. The van der Waals surface area contributed by atoms with E-state index in [2.05, 4.69) is 15.9 Å². The predicted molar refractivity (Wildman–Crippen MR) is 80.7 cm³/mol. The molecule has 0 aliphatic carbocycles. The van der Waals surface area contributed by atoms with Gasteiger partial charge in [0, 0.05) is 17.6 Å². The van der Waals surface area contributed by atoms with E-state index < -0.39 is 10.0 Å². The van der Waals surface area contributed by atoms with Crippen LogP contribution in [0.25, 0.3) is 0 Å². The van der Waals surface area contributed by atoms with Gasteiger partial charge in [-0.1, -0.05) is 25.3 Å². The van der Waals surface area contributed by atoms with Gasteiger partial charge < -0.3 is 0 Å². The molecule has 0 N–H and O–H groups in total. The van der Waals surface area contributed by atoms with E-state index in [-0.39, 0.29) is 0 Å². The smallest absolute Gasteiger partial charge is 0.207 e. The molecule has 1 aromatic carbocycles. The standard InChI is InChI=1S/C14H20BrNO2S/c1-12-7-8-14(13(15)11-12)19(17,18)16-9-5-3-2-4-6-10-16/h7-8,11H,2-6,9-10H2,1H3. The van der Waals surface area contributed by atoms with Crippen LogP contribution in [0.15, 0.2) is 27.6 Å². The summed E-state index contributed by atoms with van der Waals surface area (Å²) in [7, 11) is -3.36. The molecule has 0 atom stereocenters. The number of hydrogen-bond acceptors (Lipinski definition) is 2. The molecule has 0 radical (unpaired) electrons. The van der Waals surface area contributed by atoms with E-state index in [9.17, 15) is 8.42 Å². The lowest BCUT2D eigenvalue weighted by Gasteiger charge is -2.24. The molecule has 1 fully saturated rings. The summed E-state index contributed by atoms with van der Waals surface area (Å²) < 4.78 is 27.7. The molecule has 19 heavy (non-hydrogen) atoms. The fourth-order valence-electron chi connectivity index (χ4n) is 2.41. The van der Waals surface area contributed by atoms with Gasteiger partial charge in [-0.3, -0.25) is 0 Å². The lowest BCUT2D eigenvalue weighted by Crippen LogP contribution is -2.34. The Morgan fingerprint density at radius 3 is 2.21 bits per heavy atom. The van der Waals surface area contributed by atoms with Crippen molar-refractivity contribution in [2.24, 2.45) is 0 Å². The molecular weight excluding hydrogens is 326 g/mol. The van der Waals surface area contributed by atoms with Crippen LogP contribution in [-0.4, -0.2) is 25.8 Å². The lowest BCUT2D eigenvalue weighted by atomic mass is 10.1. The van der Waals surface area contributed by atoms with Crippen LogP contribution in [-0.2, 0) is 10.0 Å². The van der Waals surface area contributed by atoms with Crippen LogP contribution in [0.5, 0.6) is 0 Å². The van der Waals surface area contributed by atoms with Crippen LogP contribution in [0.4, 0.5) is 0 Å². The number of halogens is 1. The zero-order valence-electron chi connectivity index (χ0n) is 11.2. The second kappa shape index (κ2) is 6.37. The maximum atomic E-state index is 12.7. The molecule has 0 spiro atoms. The van der Waals surface area contributed by atoms with Crippen molar-refractivity contribution in [1.29, 1.82) is 0 Å². The van der Waals surface area contributed by atoms with Crippen LogP contribution in [0, 0.1) is 6.92 Å². The molecule has 0 aromatic heterocycles. The maximum Gasteiger partial charge on any atom is 0.244 e. The first-order chi connectivity index (χ1) is 9.01. The molecule has 1 saturated heterocycles. The highest BCUT2D eigenvalue weighted by molar-refractivity contribution is 9.10. The lowest BCUT2D eigenvalue weighted by molar-refractivity contribution is 0.364. The Hall–Kier alpha value is -0.390. The fourth-order valence-corrected chi connectivity index (χ4v) is 5.08. The van der Waals surface area contributed by atoms with Crippen molar-refractivity contribution in [2.45, 2.75) is 43.9 Å². The van der Waals surface area contributed by atoms with Crippen molar-refractivity contribution in [3.63, 3.8) is 0 Å². The van der Waals surface area contributed by atoms with Crippen LogP contribution in [0.3, 0.4) is 0 Å². The maximum absolute atomic E-state index is 12.7. The third kappa shape index (κ3) is 3.58. The number of nitrogens with zero attached hydrogens (tertiary/aromatic N) is 1. The quantitative estimate of drug-likeness (QED) is 0.819. The van der Waals surface area contributed by atoms with Gasteiger partial charge in [0.25, 0.3) is 0 Å². The van der Waals surface area contributed by atoms with E-state index in [4.69, 9.17) is 0 Å². The molecule has 0 bridgehead atoms. The summed E-state index contributed by atoms with van der Waals surface area (Å²) in [6.07, 6.45) is 5.40. The first-order valence-corrected chi connectivity index (χ1v) is 9.01. The van der Waals surface area contributed by atoms with Gasteiger partial charge in [-0.05, 0) is 53.4 Å². The largest absolute Gasteiger partial charge is 0.244 e. The molecule has 5 heteroatoms. The van der Waals surface area contributed by atoms with E-state index in [1.54, 1.807) is 10.4 Å². The highest BCUT2D eigenvalue weighted by atomic mass is 79.9. The zero-order valence-corrected chi connectivity index (χ0v) is 13.6. The van der Waals surface area contributed by atoms with E-state index in [1.165, 1.54) is 6.42 Å². The Balaban J connectivity index is 2.29. The summed E-state index contributed by atoms with van der Waals surface area (Å²) in [5.74, 6) is 0. The van der Waals surface area contributed by atoms with E-state index in [1.807, 2.05) is 19.1 Å². The second-order valence-electron chi connectivity index (χ2n) is 5.11. The Morgan fingerprint density at radius 2 is 1.63 bits per heavy atom. The topological polar surface area (TPSA) is 37.4 Å². The van der Waals surface area contributed by atoms with Gasteiger partial charge in [0.2, 0.25) is 10.0 Å². The first kappa shape index (κ1) is 15.0. The van der Waals surface area contributed by atoms with Crippen molar-refractivity contribution in [1.82, 2.24) is 4.31 Å². The van der Waals surface area contributed by atoms with Gasteiger partial charge >= 0.3 is 0 Å². The number of sulfonamides is 1. The molecule has 106 valence electrons. The van der Waals surface area contributed by atoms with Gasteiger partial charge in [-0.25, -0.2) is 8.42 Å². The van der Waals surface area contributed by atoms with Crippen LogP contribution >= 0.6 is 15.9 Å². The summed E-state index contributed by atoms with van der Waals surface area (Å²) >= 11 is 3.38. The van der Waals surface area contributed by atoms with Gasteiger partial charge in [-0.15, -0.1) is 0 Å². The van der Waals surface area contributed by atoms with Crippen LogP contribution < -0.4 is 0 Å². The average molecular weight is 346 g/mol. The van der Waals surface area contributed by atoms with Crippen molar-refractivity contribution in [2.75, 3.05) is 13.1 Å². The molecule has 1 aromatic rings. The van der Waals surface area contributed by atoms with Crippen molar-refractivity contribution in [3.05, 3.63) is 28.2 Å². The van der Waals surface area contributed by atoms with Gasteiger partial charge in [0.1, 0.15) is 0 Å².